The minimum atomic E-state index is -0.0132. The summed E-state index contributed by atoms with van der Waals surface area (Å²) in [5.74, 6) is 0.974. The van der Waals surface area contributed by atoms with Crippen molar-refractivity contribution in [3.05, 3.63) is 204 Å². The molecule has 11 rings (SSSR count). The summed E-state index contributed by atoms with van der Waals surface area (Å²) in [6, 6.07) is 67.2. The highest BCUT2D eigenvalue weighted by Gasteiger charge is 2.31. The van der Waals surface area contributed by atoms with Crippen molar-refractivity contribution in [1.29, 1.82) is 0 Å². The second-order valence-corrected chi connectivity index (χ2v) is 17.7. The first-order chi connectivity index (χ1) is 30.1. The highest BCUT2D eigenvalue weighted by atomic mass is 32.1. The third kappa shape index (κ3) is 6.74. The molecule has 0 saturated heterocycles. The molecule has 0 amide bonds. The van der Waals surface area contributed by atoms with E-state index in [9.17, 15) is 0 Å². The van der Waals surface area contributed by atoms with Gasteiger partial charge in [-0.1, -0.05) is 166 Å². The third-order valence-corrected chi connectivity index (χ3v) is 13.9. The van der Waals surface area contributed by atoms with Gasteiger partial charge in [-0.05, 0) is 127 Å². The maximum atomic E-state index is 5.41. The number of aryl methyl sites for hydroxylation is 1. The molecule has 2 heterocycles. The minimum absolute atomic E-state index is 0.0132. The molecule has 0 bridgehead atoms. The summed E-state index contributed by atoms with van der Waals surface area (Å²) in [4.78, 5) is 10.8. The average molecular weight is 803 g/mol. The van der Waals surface area contributed by atoms with E-state index in [0.29, 0.717) is 0 Å². The summed E-state index contributed by atoms with van der Waals surface area (Å²) in [7, 11) is 0. The molecule has 1 aliphatic heterocycles. The van der Waals surface area contributed by atoms with Crippen molar-refractivity contribution in [2.75, 3.05) is 0 Å². The van der Waals surface area contributed by atoms with Crippen LogP contribution < -0.4 is 0 Å². The van der Waals surface area contributed by atoms with E-state index >= 15 is 0 Å². The molecular formula is C58H46N2S. The van der Waals surface area contributed by atoms with E-state index in [4.69, 9.17) is 9.98 Å². The molecule has 9 aromatic carbocycles. The number of rotatable bonds is 10. The van der Waals surface area contributed by atoms with Crippen LogP contribution in [0.15, 0.2) is 192 Å². The van der Waals surface area contributed by atoms with Gasteiger partial charge in [-0.15, -0.1) is 11.3 Å². The normalized spacial score (nSPS) is 15.5. The first-order valence-electron chi connectivity index (χ1n) is 21.8. The number of nitrogens with zero attached hydrogens (tertiary/aromatic N) is 2. The molecule has 1 aromatic heterocycles. The largest absolute Gasteiger partial charge is 0.257 e. The van der Waals surface area contributed by atoms with Crippen molar-refractivity contribution in [2.45, 2.75) is 45.6 Å². The van der Waals surface area contributed by atoms with Gasteiger partial charge in [-0.2, -0.15) is 0 Å². The summed E-state index contributed by atoms with van der Waals surface area (Å²) in [6.45, 7) is 4.54. The zero-order chi connectivity index (χ0) is 40.9. The van der Waals surface area contributed by atoms with Crippen LogP contribution in [-0.2, 0) is 6.42 Å². The van der Waals surface area contributed by atoms with Gasteiger partial charge in [-0.3, -0.25) is 4.99 Å². The Morgan fingerprint density at radius 3 is 1.75 bits per heavy atom. The highest BCUT2D eigenvalue weighted by Crippen LogP contribution is 2.47. The molecule has 0 fully saturated rings. The van der Waals surface area contributed by atoms with Gasteiger partial charge in [0.1, 0.15) is 0 Å². The average Bonchev–Trinajstić information content (AvgIpc) is 3.72. The standard InChI is InChI=1S/C58H46N2S/c1-3-5-17-37-30-44(34-45(31-37)46-35-51-49-27-13-12-26-48(49)50-28-16-29-52-54(50)55(51)53(36-46)61-52)42-24-14-22-40(32-42)41-23-15-25-43(33-41)58-59-56(38-18-8-6-9-19-38)47(4-2)57(60-58)39-20-10-7-11-21-39/h6-16,18-36,47,56H,3-5,17H2,1-2H3. The lowest BCUT2D eigenvalue weighted by Gasteiger charge is -2.30. The number of hydrogen-bond acceptors (Lipinski definition) is 3. The fourth-order valence-electron chi connectivity index (χ4n) is 9.77. The van der Waals surface area contributed by atoms with Gasteiger partial charge in [0.25, 0.3) is 0 Å². The SMILES string of the molecule is CCCCc1cc(-c2cccc(-c3cccc(C4=NC(c5ccccc5)C(CC)C(c5ccccc5)=N4)c3)c2)cc(-c2cc3sc4cccc5c6ccccc6c(c2)c3c45)c1. The third-order valence-electron chi connectivity index (χ3n) is 12.8. The van der Waals surface area contributed by atoms with E-state index in [1.54, 1.807) is 0 Å². The maximum absolute atomic E-state index is 5.41. The lowest BCUT2D eigenvalue weighted by Crippen LogP contribution is -2.28. The van der Waals surface area contributed by atoms with Gasteiger partial charge in [-0.25, -0.2) is 4.99 Å². The number of aliphatic imine (C=N–C) groups is 2. The predicted molar refractivity (Wildman–Crippen MR) is 263 cm³/mol. The summed E-state index contributed by atoms with van der Waals surface area (Å²) in [5, 5.41) is 8.16. The van der Waals surface area contributed by atoms with Crippen LogP contribution in [-0.4, -0.2) is 11.5 Å². The molecule has 0 radical (unpaired) electrons. The van der Waals surface area contributed by atoms with E-state index in [2.05, 4.69) is 196 Å². The van der Waals surface area contributed by atoms with Crippen LogP contribution in [0.2, 0.25) is 0 Å². The number of hydrogen-bond donors (Lipinski definition) is 0. The summed E-state index contributed by atoms with van der Waals surface area (Å²) in [6.07, 6.45) is 4.33. The predicted octanol–water partition coefficient (Wildman–Crippen LogP) is 16.2. The highest BCUT2D eigenvalue weighted by molar-refractivity contribution is 7.26. The van der Waals surface area contributed by atoms with Crippen LogP contribution in [0.3, 0.4) is 0 Å². The van der Waals surface area contributed by atoms with E-state index in [1.165, 1.54) is 80.7 Å². The van der Waals surface area contributed by atoms with Crippen LogP contribution in [0.25, 0.3) is 75.1 Å². The second-order valence-electron chi connectivity index (χ2n) is 16.6. The van der Waals surface area contributed by atoms with Crippen molar-refractivity contribution >= 4 is 64.6 Å². The Morgan fingerprint density at radius 2 is 1.02 bits per heavy atom. The fraction of sp³-hybridized carbons (Fsp3) is 0.138. The first kappa shape index (κ1) is 37.3. The molecule has 0 aliphatic carbocycles. The Hall–Kier alpha value is -6.68. The first-order valence-corrected chi connectivity index (χ1v) is 22.7. The van der Waals surface area contributed by atoms with Crippen LogP contribution in [0.4, 0.5) is 0 Å². The Bertz CT molecular complexity index is 3280. The maximum Gasteiger partial charge on any atom is 0.155 e. The molecule has 1 aliphatic rings. The number of fused-ring (bicyclic) bond motifs is 3. The zero-order valence-electron chi connectivity index (χ0n) is 34.6. The van der Waals surface area contributed by atoms with Gasteiger partial charge < -0.3 is 0 Å². The van der Waals surface area contributed by atoms with E-state index < -0.39 is 0 Å². The lowest BCUT2D eigenvalue weighted by molar-refractivity contribution is 0.532. The summed E-state index contributed by atoms with van der Waals surface area (Å²) >= 11 is 1.92. The second kappa shape index (κ2) is 15.7. The molecule has 2 nitrogen and oxygen atoms in total. The van der Waals surface area contributed by atoms with E-state index in [1.807, 2.05) is 11.3 Å². The Labute approximate surface area is 361 Å². The topological polar surface area (TPSA) is 24.7 Å². The van der Waals surface area contributed by atoms with Gasteiger partial charge in [0.05, 0.1) is 11.8 Å². The van der Waals surface area contributed by atoms with Crippen LogP contribution >= 0.6 is 11.3 Å². The number of benzene rings is 9. The van der Waals surface area contributed by atoms with Crippen LogP contribution in [0.1, 0.15) is 61.4 Å². The van der Waals surface area contributed by atoms with Crippen molar-refractivity contribution in [2.24, 2.45) is 15.9 Å². The molecule has 2 atom stereocenters. The van der Waals surface area contributed by atoms with E-state index in [0.717, 1.165) is 53.9 Å². The number of thiophene rings is 1. The van der Waals surface area contributed by atoms with Gasteiger partial charge in [0.15, 0.2) is 5.84 Å². The molecule has 0 saturated carbocycles. The van der Waals surface area contributed by atoms with Gasteiger partial charge in [0, 0.05) is 31.7 Å². The molecule has 61 heavy (non-hydrogen) atoms. The van der Waals surface area contributed by atoms with Crippen LogP contribution in [0.5, 0.6) is 0 Å². The minimum Gasteiger partial charge on any atom is -0.257 e. The quantitative estimate of drug-likeness (QED) is 0.123. The summed E-state index contributed by atoms with van der Waals surface area (Å²) < 4.78 is 2.72. The molecule has 294 valence electrons. The van der Waals surface area contributed by atoms with Gasteiger partial charge >= 0.3 is 0 Å². The monoisotopic (exact) mass is 802 g/mol. The Balaban J connectivity index is 1.00. The molecule has 3 heteroatoms. The smallest absolute Gasteiger partial charge is 0.155 e. The van der Waals surface area contributed by atoms with Crippen molar-refractivity contribution in [3.8, 4) is 33.4 Å². The summed E-state index contributed by atoms with van der Waals surface area (Å²) in [5.41, 5.74) is 13.3. The Kier molecular flexibility index (Phi) is 9.63. The molecule has 0 N–H and O–H groups in total. The van der Waals surface area contributed by atoms with Crippen molar-refractivity contribution in [1.82, 2.24) is 0 Å². The van der Waals surface area contributed by atoms with Crippen LogP contribution in [0, 0.1) is 5.92 Å². The number of amidine groups is 1. The molecule has 10 aromatic rings. The molecule has 2 unspecified atom stereocenters. The number of unbranched alkanes of at least 4 members (excludes halogenated alkanes) is 1. The van der Waals surface area contributed by atoms with Crippen molar-refractivity contribution in [3.63, 3.8) is 0 Å². The zero-order valence-corrected chi connectivity index (χ0v) is 35.4. The molecular weight excluding hydrogens is 757 g/mol. The van der Waals surface area contributed by atoms with Gasteiger partial charge in [0.2, 0.25) is 0 Å². The lowest BCUT2D eigenvalue weighted by atomic mass is 9.83. The molecule has 0 spiro atoms. The Morgan fingerprint density at radius 1 is 0.459 bits per heavy atom. The fourth-order valence-corrected chi connectivity index (χ4v) is 11.0. The van der Waals surface area contributed by atoms with E-state index in [-0.39, 0.29) is 12.0 Å². The van der Waals surface area contributed by atoms with Crippen molar-refractivity contribution < 1.29 is 0 Å².